The first-order valence-electron chi connectivity index (χ1n) is 6.75. The molecule has 0 aliphatic heterocycles. The van der Waals surface area contributed by atoms with Gasteiger partial charge in [0, 0.05) is 7.11 Å². The molecule has 0 saturated heterocycles. The second-order valence-electron chi connectivity index (χ2n) is 4.63. The standard InChI is InChI=1S/C15H19ClN2O2/c1-4-15(5-2,19-3)14-17-13(20-18-14)12(16)11-9-7-6-8-10-11/h6-10,12H,4-5H2,1-3H3. The number of halogens is 1. The first-order chi connectivity index (χ1) is 9.66. The lowest BCUT2D eigenvalue weighted by Gasteiger charge is -2.25. The molecule has 20 heavy (non-hydrogen) atoms. The normalized spacial score (nSPS) is 13.4. The van der Waals surface area contributed by atoms with Gasteiger partial charge in [0.15, 0.2) is 0 Å². The van der Waals surface area contributed by atoms with Crippen molar-refractivity contribution in [2.45, 2.75) is 37.7 Å². The topological polar surface area (TPSA) is 48.2 Å². The summed E-state index contributed by atoms with van der Waals surface area (Å²) in [7, 11) is 1.67. The molecular weight excluding hydrogens is 276 g/mol. The molecule has 0 bridgehead atoms. The Kier molecular flexibility index (Phi) is 4.78. The zero-order chi connectivity index (χ0) is 14.6. The summed E-state index contributed by atoms with van der Waals surface area (Å²) in [6, 6.07) is 9.67. The summed E-state index contributed by atoms with van der Waals surface area (Å²) in [6.45, 7) is 4.08. The van der Waals surface area contributed by atoms with Crippen molar-refractivity contribution in [3.63, 3.8) is 0 Å². The molecule has 4 nitrogen and oxygen atoms in total. The molecule has 1 aromatic carbocycles. The van der Waals surface area contributed by atoms with Gasteiger partial charge in [0.1, 0.15) is 11.0 Å². The van der Waals surface area contributed by atoms with E-state index in [1.165, 1.54) is 0 Å². The molecule has 0 aliphatic carbocycles. The summed E-state index contributed by atoms with van der Waals surface area (Å²) in [5.74, 6) is 0.956. The lowest BCUT2D eigenvalue weighted by atomic mass is 9.96. The van der Waals surface area contributed by atoms with Crippen LogP contribution in [0.3, 0.4) is 0 Å². The highest BCUT2D eigenvalue weighted by molar-refractivity contribution is 6.22. The molecule has 0 radical (unpaired) electrons. The van der Waals surface area contributed by atoms with Crippen molar-refractivity contribution >= 4 is 11.6 Å². The highest BCUT2D eigenvalue weighted by Crippen LogP contribution is 2.33. The van der Waals surface area contributed by atoms with Crippen LogP contribution in [0.1, 0.15) is 49.3 Å². The molecule has 108 valence electrons. The largest absolute Gasteiger partial charge is 0.370 e. The lowest BCUT2D eigenvalue weighted by Crippen LogP contribution is -2.28. The van der Waals surface area contributed by atoms with Gasteiger partial charge in [-0.1, -0.05) is 49.3 Å². The number of aromatic nitrogens is 2. The Morgan fingerprint density at radius 3 is 2.45 bits per heavy atom. The van der Waals surface area contributed by atoms with Crippen molar-refractivity contribution in [3.05, 3.63) is 47.6 Å². The third-order valence-electron chi connectivity index (χ3n) is 3.69. The van der Waals surface area contributed by atoms with Gasteiger partial charge in [0.05, 0.1) is 0 Å². The van der Waals surface area contributed by atoms with Crippen molar-refractivity contribution in [3.8, 4) is 0 Å². The van der Waals surface area contributed by atoms with E-state index in [2.05, 4.69) is 10.1 Å². The van der Waals surface area contributed by atoms with Gasteiger partial charge >= 0.3 is 0 Å². The summed E-state index contributed by atoms with van der Waals surface area (Å²) >= 11 is 6.39. The maximum Gasteiger partial charge on any atom is 0.249 e. The van der Waals surface area contributed by atoms with E-state index in [9.17, 15) is 0 Å². The Hall–Kier alpha value is -1.39. The summed E-state index contributed by atoms with van der Waals surface area (Å²) in [6.07, 6.45) is 1.55. The molecule has 0 spiro atoms. The maximum atomic E-state index is 6.39. The van der Waals surface area contributed by atoms with Crippen LogP contribution in [0.4, 0.5) is 0 Å². The number of hydrogen-bond donors (Lipinski definition) is 0. The van der Waals surface area contributed by atoms with E-state index in [0.717, 1.165) is 18.4 Å². The minimum Gasteiger partial charge on any atom is -0.370 e. The average molecular weight is 295 g/mol. The third kappa shape index (κ3) is 2.72. The van der Waals surface area contributed by atoms with Gasteiger partial charge in [-0.15, -0.1) is 11.6 Å². The smallest absolute Gasteiger partial charge is 0.249 e. The van der Waals surface area contributed by atoms with Crippen molar-refractivity contribution in [2.75, 3.05) is 7.11 Å². The number of hydrogen-bond acceptors (Lipinski definition) is 4. The number of nitrogens with zero attached hydrogens (tertiary/aromatic N) is 2. The molecule has 1 atom stereocenters. The molecule has 0 saturated carbocycles. The molecular formula is C15H19ClN2O2. The second-order valence-corrected chi connectivity index (χ2v) is 5.07. The van der Waals surface area contributed by atoms with Crippen LogP contribution < -0.4 is 0 Å². The van der Waals surface area contributed by atoms with E-state index in [1.54, 1.807) is 7.11 Å². The summed E-state index contributed by atoms with van der Waals surface area (Å²) in [4.78, 5) is 4.44. The molecule has 0 fully saturated rings. The molecule has 1 aromatic heterocycles. The van der Waals surface area contributed by atoms with Crippen molar-refractivity contribution in [2.24, 2.45) is 0 Å². The molecule has 0 amide bonds. The first-order valence-corrected chi connectivity index (χ1v) is 7.18. The summed E-state index contributed by atoms with van der Waals surface area (Å²) in [5, 5.41) is 3.61. The van der Waals surface area contributed by atoms with Gasteiger partial charge in [0.25, 0.3) is 0 Å². The highest BCUT2D eigenvalue weighted by Gasteiger charge is 2.34. The minimum atomic E-state index is -0.505. The van der Waals surface area contributed by atoms with Crippen LogP contribution in [0.5, 0.6) is 0 Å². The van der Waals surface area contributed by atoms with Crippen LogP contribution in [0, 0.1) is 0 Å². The van der Waals surface area contributed by atoms with Crippen LogP contribution in [-0.2, 0) is 10.3 Å². The van der Waals surface area contributed by atoms with Gasteiger partial charge in [-0.3, -0.25) is 0 Å². The summed E-state index contributed by atoms with van der Waals surface area (Å²) in [5.41, 5.74) is 0.426. The molecule has 2 aromatic rings. The molecule has 1 heterocycles. The van der Waals surface area contributed by atoms with E-state index in [0.29, 0.717) is 11.7 Å². The van der Waals surface area contributed by atoms with E-state index in [1.807, 2.05) is 44.2 Å². The fraction of sp³-hybridized carbons (Fsp3) is 0.467. The Balaban J connectivity index is 2.29. The van der Waals surface area contributed by atoms with Crippen molar-refractivity contribution in [1.29, 1.82) is 0 Å². The molecule has 0 N–H and O–H groups in total. The predicted molar refractivity (Wildman–Crippen MR) is 77.7 cm³/mol. The predicted octanol–water partition coefficient (Wildman–Crippen LogP) is 4.06. The van der Waals surface area contributed by atoms with E-state index in [4.69, 9.17) is 20.9 Å². The number of methoxy groups -OCH3 is 1. The van der Waals surface area contributed by atoms with Crippen LogP contribution in [0.25, 0.3) is 0 Å². The van der Waals surface area contributed by atoms with Gasteiger partial charge in [-0.2, -0.15) is 4.98 Å². The fourth-order valence-electron chi connectivity index (χ4n) is 2.23. The quantitative estimate of drug-likeness (QED) is 0.754. The Bertz CT molecular complexity index is 530. The average Bonchev–Trinajstić information content (AvgIpc) is 3.00. The lowest BCUT2D eigenvalue weighted by molar-refractivity contribution is -0.0306. The van der Waals surface area contributed by atoms with E-state index >= 15 is 0 Å². The Labute approximate surface area is 124 Å². The molecule has 1 unspecified atom stereocenters. The maximum absolute atomic E-state index is 6.39. The second kappa shape index (κ2) is 6.37. The number of ether oxygens (including phenoxy) is 1. The van der Waals surface area contributed by atoms with Gasteiger partial charge in [-0.25, -0.2) is 0 Å². The van der Waals surface area contributed by atoms with E-state index in [-0.39, 0.29) is 0 Å². The fourth-order valence-corrected chi connectivity index (χ4v) is 2.47. The van der Waals surface area contributed by atoms with E-state index < -0.39 is 11.0 Å². The van der Waals surface area contributed by atoms with Crippen LogP contribution in [0.15, 0.2) is 34.9 Å². The van der Waals surface area contributed by atoms with Crippen molar-refractivity contribution < 1.29 is 9.26 Å². The Morgan fingerprint density at radius 1 is 1.25 bits per heavy atom. The minimum absolute atomic E-state index is 0.399. The van der Waals surface area contributed by atoms with Crippen LogP contribution >= 0.6 is 11.6 Å². The number of alkyl halides is 1. The Morgan fingerprint density at radius 2 is 1.90 bits per heavy atom. The number of benzene rings is 1. The van der Waals surface area contributed by atoms with Crippen LogP contribution in [0.2, 0.25) is 0 Å². The highest BCUT2D eigenvalue weighted by atomic mass is 35.5. The zero-order valence-corrected chi connectivity index (χ0v) is 12.7. The third-order valence-corrected chi connectivity index (χ3v) is 4.13. The van der Waals surface area contributed by atoms with Gasteiger partial charge < -0.3 is 9.26 Å². The molecule has 2 rings (SSSR count). The van der Waals surface area contributed by atoms with Gasteiger partial charge in [-0.05, 0) is 18.4 Å². The van der Waals surface area contributed by atoms with Crippen molar-refractivity contribution in [1.82, 2.24) is 10.1 Å². The number of rotatable bonds is 6. The zero-order valence-electron chi connectivity index (χ0n) is 12.0. The monoisotopic (exact) mass is 294 g/mol. The van der Waals surface area contributed by atoms with Gasteiger partial charge in [0.2, 0.25) is 11.7 Å². The summed E-state index contributed by atoms with van der Waals surface area (Å²) < 4.78 is 10.9. The molecule has 0 aliphatic rings. The SMILES string of the molecule is CCC(CC)(OC)c1noc(C(Cl)c2ccccc2)n1. The van der Waals surface area contributed by atoms with Crippen LogP contribution in [-0.4, -0.2) is 17.3 Å². The molecule has 5 heteroatoms. The first kappa shape index (κ1) is 15.0.